The lowest BCUT2D eigenvalue weighted by Crippen LogP contribution is -2.29. The molecule has 0 atom stereocenters. The van der Waals surface area contributed by atoms with E-state index in [9.17, 15) is 19.2 Å². The number of nitrogens with zero attached hydrogens (tertiary/aromatic N) is 1. The molecule has 0 bridgehead atoms. The summed E-state index contributed by atoms with van der Waals surface area (Å²) in [6.45, 7) is 3.33. The molecule has 3 amide bonds. The highest BCUT2D eigenvalue weighted by atomic mass is 16.5. The van der Waals surface area contributed by atoms with Crippen molar-refractivity contribution >= 4 is 35.1 Å². The number of anilines is 2. The van der Waals surface area contributed by atoms with E-state index < -0.39 is 17.8 Å². The van der Waals surface area contributed by atoms with Crippen molar-refractivity contribution in [2.75, 3.05) is 16.8 Å². The van der Waals surface area contributed by atoms with Crippen molar-refractivity contribution in [1.82, 2.24) is 0 Å². The Morgan fingerprint density at radius 1 is 1.00 bits per heavy atom. The molecule has 1 aliphatic rings. The maximum absolute atomic E-state index is 12.7. The fourth-order valence-electron chi connectivity index (χ4n) is 2.72. The van der Waals surface area contributed by atoms with Crippen LogP contribution in [0.3, 0.4) is 0 Å². The van der Waals surface area contributed by atoms with Gasteiger partial charge in [0.05, 0.1) is 29.0 Å². The van der Waals surface area contributed by atoms with Gasteiger partial charge in [0.2, 0.25) is 5.91 Å². The highest BCUT2D eigenvalue weighted by Crippen LogP contribution is 2.30. The van der Waals surface area contributed by atoms with Crippen molar-refractivity contribution in [3.05, 3.63) is 59.2 Å². The number of fused-ring (bicyclic) bond motifs is 1. The summed E-state index contributed by atoms with van der Waals surface area (Å²) in [6.07, 6.45) is 0. The third kappa shape index (κ3) is 3.06. The number of nitrogens with one attached hydrogen (secondary N) is 1. The van der Waals surface area contributed by atoms with E-state index in [0.29, 0.717) is 16.9 Å². The Balaban J connectivity index is 1.90. The monoisotopic (exact) mass is 352 g/mol. The van der Waals surface area contributed by atoms with Crippen LogP contribution in [0.15, 0.2) is 42.5 Å². The second-order valence-corrected chi connectivity index (χ2v) is 5.65. The third-order valence-electron chi connectivity index (χ3n) is 3.84. The molecule has 1 N–H and O–H groups in total. The van der Waals surface area contributed by atoms with E-state index in [1.165, 1.54) is 43.3 Å². The van der Waals surface area contributed by atoms with Gasteiger partial charge in [0.25, 0.3) is 11.8 Å². The first-order valence-electron chi connectivity index (χ1n) is 8.00. The van der Waals surface area contributed by atoms with E-state index in [1.807, 2.05) is 0 Å². The van der Waals surface area contributed by atoms with Gasteiger partial charge in [-0.05, 0) is 49.4 Å². The van der Waals surface area contributed by atoms with Gasteiger partial charge in [-0.2, -0.15) is 0 Å². The van der Waals surface area contributed by atoms with Crippen LogP contribution in [0.1, 0.15) is 44.9 Å². The summed E-state index contributed by atoms with van der Waals surface area (Å²) in [5, 5.41) is 2.58. The first kappa shape index (κ1) is 17.3. The van der Waals surface area contributed by atoms with Gasteiger partial charge in [-0.1, -0.05) is 0 Å². The summed E-state index contributed by atoms with van der Waals surface area (Å²) in [6, 6.07) is 10.6. The van der Waals surface area contributed by atoms with E-state index in [-0.39, 0.29) is 23.6 Å². The van der Waals surface area contributed by atoms with Gasteiger partial charge in [-0.15, -0.1) is 0 Å². The molecule has 26 heavy (non-hydrogen) atoms. The summed E-state index contributed by atoms with van der Waals surface area (Å²) in [7, 11) is 0. The number of hydrogen-bond donors (Lipinski definition) is 1. The minimum absolute atomic E-state index is 0.218. The number of esters is 1. The van der Waals surface area contributed by atoms with Gasteiger partial charge in [0, 0.05) is 12.6 Å². The largest absolute Gasteiger partial charge is 0.462 e. The van der Waals surface area contributed by atoms with Crippen LogP contribution in [0.2, 0.25) is 0 Å². The molecule has 0 fully saturated rings. The fraction of sp³-hybridized carbons (Fsp3) is 0.158. The van der Waals surface area contributed by atoms with Crippen LogP contribution in [0.5, 0.6) is 0 Å². The van der Waals surface area contributed by atoms with Crippen LogP contribution in [0.25, 0.3) is 0 Å². The summed E-state index contributed by atoms with van der Waals surface area (Å²) >= 11 is 0. The Morgan fingerprint density at radius 2 is 1.65 bits per heavy atom. The number of ether oxygens (including phenoxy) is 1. The minimum Gasteiger partial charge on any atom is -0.462 e. The molecule has 7 nitrogen and oxygen atoms in total. The molecule has 132 valence electrons. The van der Waals surface area contributed by atoms with Gasteiger partial charge in [-0.3, -0.25) is 14.4 Å². The molecule has 0 spiro atoms. The highest BCUT2D eigenvalue weighted by Gasteiger charge is 2.36. The number of imide groups is 1. The summed E-state index contributed by atoms with van der Waals surface area (Å²) in [5.74, 6) is -1.68. The van der Waals surface area contributed by atoms with Crippen LogP contribution in [-0.2, 0) is 9.53 Å². The van der Waals surface area contributed by atoms with Crippen LogP contribution in [-0.4, -0.2) is 30.3 Å². The van der Waals surface area contributed by atoms with E-state index in [1.54, 1.807) is 13.0 Å². The van der Waals surface area contributed by atoms with Crippen molar-refractivity contribution in [3.8, 4) is 0 Å². The van der Waals surface area contributed by atoms with Crippen molar-refractivity contribution in [2.24, 2.45) is 0 Å². The summed E-state index contributed by atoms with van der Waals surface area (Å²) in [4.78, 5) is 49.2. The van der Waals surface area contributed by atoms with E-state index in [0.717, 1.165) is 4.90 Å². The smallest absolute Gasteiger partial charge is 0.338 e. The number of benzene rings is 2. The molecule has 1 aliphatic heterocycles. The fourth-order valence-corrected chi connectivity index (χ4v) is 2.72. The second-order valence-electron chi connectivity index (χ2n) is 5.65. The molecule has 0 saturated heterocycles. The number of carbonyl (C=O) groups excluding carboxylic acids is 4. The molecule has 7 heteroatoms. The van der Waals surface area contributed by atoms with E-state index in [2.05, 4.69) is 5.32 Å². The molecule has 2 aromatic carbocycles. The van der Waals surface area contributed by atoms with Gasteiger partial charge in [0.1, 0.15) is 0 Å². The molecule has 1 heterocycles. The standard InChI is InChI=1S/C19H16N2O5/c1-3-26-19(25)12-4-7-14(8-5-12)21-17(23)15-9-6-13(20-11(2)22)10-16(15)18(21)24/h4-10H,3H2,1-2H3,(H,20,22). The maximum atomic E-state index is 12.7. The minimum atomic E-state index is -0.485. The third-order valence-corrected chi connectivity index (χ3v) is 3.84. The average Bonchev–Trinajstić information content (AvgIpc) is 2.85. The van der Waals surface area contributed by atoms with Crippen molar-refractivity contribution in [2.45, 2.75) is 13.8 Å². The van der Waals surface area contributed by atoms with Gasteiger partial charge < -0.3 is 10.1 Å². The molecule has 0 aliphatic carbocycles. The van der Waals surface area contributed by atoms with Crippen LogP contribution in [0.4, 0.5) is 11.4 Å². The maximum Gasteiger partial charge on any atom is 0.338 e. The van der Waals surface area contributed by atoms with Crippen molar-refractivity contribution in [3.63, 3.8) is 0 Å². The lowest BCUT2D eigenvalue weighted by atomic mass is 10.1. The zero-order valence-electron chi connectivity index (χ0n) is 14.2. The molecule has 0 radical (unpaired) electrons. The van der Waals surface area contributed by atoms with E-state index in [4.69, 9.17) is 4.74 Å². The highest BCUT2D eigenvalue weighted by molar-refractivity contribution is 6.34. The van der Waals surface area contributed by atoms with Crippen molar-refractivity contribution in [1.29, 1.82) is 0 Å². The Labute approximate surface area is 149 Å². The molecule has 0 unspecified atom stereocenters. The van der Waals surface area contributed by atoms with Crippen LogP contribution >= 0.6 is 0 Å². The van der Waals surface area contributed by atoms with Crippen LogP contribution < -0.4 is 10.2 Å². The molecule has 2 aromatic rings. The van der Waals surface area contributed by atoms with Crippen LogP contribution in [0, 0.1) is 0 Å². The van der Waals surface area contributed by atoms with Gasteiger partial charge >= 0.3 is 5.97 Å². The second kappa shape index (κ2) is 6.79. The van der Waals surface area contributed by atoms with Gasteiger partial charge in [0.15, 0.2) is 0 Å². The normalized spacial score (nSPS) is 12.8. The predicted molar refractivity (Wildman–Crippen MR) is 94.3 cm³/mol. The SMILES string of the molecule is CCOC(=O)c1ccc(N2C(=O)c3ccc(NC(C)=O)cc3C2=O)cc1. The topological polar surface area (TPSA) is 92.8 Å². The van der Waals surface area contributed by atoms with Gasteiger partial charge in [-0.25, -0.2) is 9.69 Å². The zero-order chi connectivity index (χ0) is 18.8. The van der Waals surface area contributed by atoms with E-state index >= 15 is 0 Å². The Kier molecular flexibility index (Phi) is 4.53. The Morgan fingerprint density at radius 3 is 2.27 bits per heavy atom. The number of amides is 3. The predicted octanol–water partition coefficient (Wildman–Crippen LogP) is 2.62. The number of hydrogen-bond acceptors (Lipinski definition) is 5. The summed E-state index contributed by atoms with van der Waals surface area (Å²) in [5.41, 5.74) is 1.61. The molecular weight excluding hydrogens is 336 g/mol. The first-order valence-corrected chi connectivity index (χ1v) is 8.00. The number of carbonyl (C=O) groups is 4. The molecule has 0 aromatic heterocycles. The average molecular weight is 352 g/mol. The lowest BCUT2D eigenvalue weighted by molar-refractivity contribution is -0.114. The molecule has 0 saturated carbocycles. The Hall–Kier alpha value is -3.48. The first-order chi connectivity index (χ1) is 12.4. The molecular formula is C19H16N2O5. The molecule has 3 rings (SSSR count). The zero-order valence-corrected chi connectivity index (χ0v) is 14.2. The quantitative estimate of drug-likeness (QED) is 0.674. The lowest BCUT2D eigenvalue weighted by Gasteiger charge is -2.14. The van der Waals surface area contributed by atoms with Crippen molar-refractivity contribution < 1.29 is 23.9 Å². The Bertz CT molecular complexity index is 918. The summed E-state index contributed by atoms with van der Waals surface area (Å²) < 4.78 is 4.91. The number of rotatable bonds is 4.